The van der Waals surface area contributed by atoms with Crippen LogP contribution in [0.25, 0.3) is 0 Å². The quantitative estimate of drug-likeness (QED) is 0.278. The number of ether oxygens (including phenoxy) is 1. The van der Waals surface area contributed by atoms with Crippen molar-refractivity contribution in [3.8, 4) is 0 Å². The van der Waals surface area contributed by atoms with Crippen molar-refractivity contribution < 1.29 is 18.4 Å². The molecule has 0 radical (unpaired) electrons. The minimum atomic E-state index is -3.67. The van der Waals surface area contributed by atoms with Gasteiger partial charge in [-0.05, 0) is 6.92 Å². The zero-order valence-corrected chi connectivity index (χ0v) is 11.1. The third-order valence-electron chi connectivity index (χ3n) is 2.77. The Hall–Kier alpha value is -1.65. The zero-order valence-electron chi connectivity index (χ0n) is 10.3. The van der Waals surface area contributed by atoms with Crippen LogP contribution in [-0.2, 0) is 14.8 Å². The third kappa shape index (κ3) is 2.69. The van der Waals surface area contributed by atoms with Crippen molar-refractivity contribution in [2.75, 3.05) is 19.7 Å². The second kappa shape index (κ2) is 5.15. The van der Waals surface area contributed by atoms with Crippen LogP contribution in [0.15, 0.2) is 16.4 Å². The Morgan fingerprint density at radius 1 is 1.74 bits per heavy atom. The van der Waals surface area contributed by atoms with Gasteiger partial charge in [0.25, 0.3) is 10.0 Å². The Morgan fingerprint density at radius 2 is 2.47 bits per heavy atom. The second-order valence-electron chi connectivity index (χ2n) is 4.08. The van der Waals surface area contributed by atoms with Crippen molar-refractivity contribution in [2.24, 2.45) is 10.9 Å². The van der Waals surface area contributed by atoms with Crippen LogP contribution in [0, 0.1) is 6.92 Å². The van der Waals surface area contributed by atoms with Gasteiger partial charge >= 0.3 is 0 Å². The van der Waals surface area contributed by atoms with Crippen molar-refractivity contribution in [2.45, 2.75) is 18.1 Å². The van der Waals surface area contributed by atoms with E-state index in [-0.39, 0.29) is 30.6 Å². The highest BCUT2D eigenvalue weighted by molar-refractivity contribution is 7.89. The van der Waals surface area contributed by atoms with Crippen molar-refractivity contribution in [1.82, 2.24) is 14.3 Å². The lowest BCUT2D eigenvalue weighted by Crippen LogP contribution is -2.50. The molecule has 4 N–H and O–H groups in total. The van der Waals surface area contributed by atoms with E-state index in [1.54, 1.807) is 6.92 Å². The van der Waals surface area contributed by atoms with Crippen molar-refractivity contribution in [3.05, 3.63) is 12.0 Å². The summed E-state index contributed by atoms with van der Waals surface area (Å²) >= 11 is 0. The van der Waals surface area contributed by atoms with Crippen LogP contribution in [0.1, 0.15) is 5.82 Å². The molecule has 0 amide bonds. The first-order valence-electron chi connectivity index (χ1n) is 5.56. The molecule has 0 aromatic carbocycles. The van der Waals surface area contributed by atoms with Gasteiger partial charge in [-0.25, -0.2) is 13.4 Å². The van der Waals surface area contributed by atoms with E-state index in [0.717, 1.165) is 0 Å². The largest absolute Gasteiger partial charge is 0.409 e. The summed E-state index contributed by atoms with van der Waals surface area (Å²) in [5, 5.41) is 11.4. The molecule has 1 saturated heterocycles. The van der Waals surface area contributed by atoms with Crippen LogP contribution in [0.2, 0.25) is 0 Å². The molecule has 1 aliphatic rings. The van der Waals surface area contributed by atoms with Gasteiger partial charge in [-0.1, -0.05) is 5.16 Å². The Kier molecular flexibility index (Phi) is 3.73. The van der Waals surface area contributed by atoms with Gasteiger partial charge in [0, 0.05) is 13.1 Å². The highest BCUT2D eigenvalue weighted by Gasteiger charge is 2.33. The maximum atomic E-state index is 12.3. The number of amidine groups is 1. The minimum Gasteiger partial charge on any atom is -0.409 e. The van der Waals surface area contributed by atoms with Gasteiger partial charge in [0.1, 0.15) is 11.9 Å². The van der Waals surface area contributed by atoms with Crippen LogP contribution >= 0.6 is 0 Å². The van der Waals surface area contributed by atoms with Gasteiger partial charge in [-0.15, -0.1) is 0 Å². The molecule has 1 aromatic rings. The first-order valence-corrected chi connectivity index (χ1v) is 7.00. The maximum Gasteiger partial charge on any atom is 0.260 e. The normalized spacial score (nSPS) is 22.6. The van der Waals surface area contributed by atoms with Gasteiger partial charge in [0.15, 0.2) is 10.9 Å². The Labute approximate surface area is 110 Å². The summed E-state index contributed by atoms with van der Waals surface area (Å²) in [4.78, 5) is 6.55. The molecule has 19 heavy (non-hydrogen) atoms. The molecule has 1 aliphatic heterocycles. The fourth-order valence-electron chi connectivity index (χ4n) is 1.76. The monoisotopic (exact) mass is 289 g/mol. The van der Waals surface area contributed by atoms with Crippen LogP contribution in [0.5, 0.6) is 0 Å². The van der Waals surface area contributed by atoms with E-state index in [0.29, 0.717) is 5.82 Å². The van der Waals surface area contributed by atoms with Crippen molar-refractivity contribution >= 4 is 15.9 Å². The molecule has 10 heteroatoms. The number of sulfonamides is 1. The smallest absolute Gasteiger partial charge is 0.260 e. The second-order valence-corrected chi connectivity index (χ2v) is 5.99. The Morgan fingerprint density at radius 3 is 3.05 bits per heavy atom. The molecule has 1 fully saturated rings. The number of imidazole rings is 1. The number of H-pyrrole nitrogens is 1. The van der Waals surface area contributed by atoms with Crippen molar-refractivity contribution in [1.29, 1.82) is 0 Å². The molecule has 0 aliphatic carbocycles. The average molecular weight is 289 g/mol. The van der Waals surface area contributed by atoms with E-state index in [2.05, 4.69) is 15.1 Å². The minimum absolute atomic E-state index is 0.00368. The molecule has 0 spiro atoms. The summed E-state index contributed by atoms with van der Waals surface area (Å²) in [5.41, 5.74) is 5.43. The van der Waals surface area contributed by atoms with Crippen LogP contribution in [0.4, 0.5) is 0 Å². The molecule has 106 valence electrons. The standard InChI is InChI=1S/C9H15N5O4S/c1-6-11-4-8(12-6)19(16,17)14-2-3-18-7(5-14)9(10)13-15/h4,7,15H,2-3,5H2,1H3,(H2,10,13)(H,11,12). The number of hydrogen-bond donors (Lipinski definition) is 3. The molecule has 2 rings (SSSR count). The lowest BCUT2D eigenvalue weighted by Gasteiger charge is -2.30. The number of rotatable bonds is 3. The first-order chi connectivity index (χ1) is 8.95. The lowest BCUT2D eigenvalue weighted by molar-refractivity contribution is 0.0354. The summed E-state index contributed by atoms with van der Waals surface area (Å²) in [6, 6.07) is 0. The van der Waals surface area contributed by atoms with Crippen LogP contribution in [-0.4, -0.2) is 59.5 Å². The van der Waals surface area contributed by atoms with E-state index in [1.807, 2.05) is 0 Å². The highest BCUT2D eigenvalue weighted by Crippen LogP contribution is 2.17. The predicted molar refractivity (Wildman–Crippen MR) is 65.2 cm³/mol. The molecule has 0 saturated carbocycles. The summed E-state index contributed by atoms with van der Waals surface area (Å²) in [6.07, 6.45) is 0.510. The van der Waals surface area contributed by atoms with Crippen molar-refractivity contribution in [3.63, 3.8) is 0 Å². The summed E-state index contributed by atoms with van der Waals surface area (Å²) in [6.45, 7) is 2.04. The molecular formula is C9H15N5O4S. The molecule has 0 bridgehead atoms. The topological polar surface area (TPSA) is 134 Å². The van der Waals surface area contributed by atoms with Gasteiger partial charge in [-0.2, -0.15) is 4.31 Å². The SMILES string of the molecule is Cc1ncc(S(=O)(=O)N2CCOC(C(N)=NO)C2)[nH]1. The zero-order chi connectivity index (χ0) is 14.0. The van der Waals surface area contributed by atoms with Gasteiger partial charge in [0.2, 0.25) is 0 Å². The van der Waals surface area contributed by atoms with Gasteiger partial charge in [-0.3, -0.25) is 0 Å². The number of hydrogen-bond acceptors (Lipinski definition) is 6. The Balaban J connectivity index is 2.21. The van der Waals surface area contributed by atoms with Crippen LogP contribution < -0.4 is 5.73 Å². The first kappa shape index (κ1) is 13.8. The fourth-order valence-corrected chi connectivity index (χ4v) is 3.14. The number of nitrogens with zero attached hydrogens (tertiary/aromatic N) is 3. The summed E-state index contributed by atoms with van der Waals surface area (Å²) in [5.74, 6) is 0.362. The number of morpholine rings is 1. The number of nitrogens with one attached hydrogen (secondary N) is 1. The predicted octanol–water partition coefficient (Wildman–Crippen LogP) is -1.15. The lowest BCUT2D eigenvalue weighted by atomic mass is 10.3. The van der Waals surface area contributed by atoms with Crippen LogP contribution in [0.3, 0.4) is 0 Å². The number of oxime groups is 1. The van der Waals surface area contributed by atoms with E-state index < -0.39 is 16.1 Å². The molecule has 1 aromatic heterocycles. The third-order valence-corrected chi connectivity index (χ3v) is 4.55. The van der Waals surface area contributed by atoms with E-state index in [9.17, 15) is 8.42 Å². The number of nitrogens with two attached hydrogens (primary N) is 1. The van der Waals surface area contributed by atoms with E-state index in [4.69, 9.17) is 15.7 Å². The number of aromatic amines is 1. The number of aromatic nitrogens is 2. The molecule has 1 unspecified atom stereocenters. The summed E-state index contributed by atoms with van der Waals surface area (Å²) in [7, 11) is -3.67. The molecule has 1 atom stereocenters. The maximum absolute atomic E-state index is 12.3. The molecule has 9 nitrogen and oxygen atoms in total. The Bertz CT molecular complexity index is 581. The van der Waals surface area contributed by atoms with E-state index in [1.165, 1.54) is 10.5 Å². The number of aryl methyl sites for hydroxylation is 1. The van der Waals surface area contributed by atoms with E-state index >= 15 is 0 Å². The summed E-state index contributed by atoms with van der Waals surface area (Å²) < 4.78 is 31.1. The average Bonchev–Trinajstić information content (AvgIpc) is 2.85. The fraction of sp³-hybridized carbons (Fsp3) is 0.556. The van der Waals surface area contributed by atoms with Gasteiger partial charge in [0.05, 0.1) is 12.8 Å². The molecule has 2 heterocycles. The molecular weight excluding hydrogens is 274 g/mol. The highest BCUT2D eigenvalue weighted by atomic mass is 32.2. The van der Waals surface area contributed by atoms with Gasteiger partial charge < -0.3 is 20.7 Å².